The van der Waals surface area contributed by atoms with Crippen LogP contribution in [-0.2, 0) is 11.3 Å². The Hall–Kier alpha value is -2.10. The van der Waals surface area contributed by atoms with Crippen LogP contribution < -0.4 is 5.56 Å². The normalized spacial score (nSPS) is 10.5. The number of ether oxygens (including phenoxy) is 1. The molecule has 2 aromatic rings. The minimum Gasteiger partial charge on any atom is -0.377 e. The number of hydrogen-bond donors (Lipinski definition) is 1. The van der Waals surface area contributed by atoms with Gasteiger partial charge in [-0.25, -0.2) is 4.98 Å². The Kier molecular flexibility index (Phi) is 6.39. The summed E-state index contributed by atoms with van der Waals surface area (Å²) in [5.74, 6) is 0. The van der Waals surface area contributed by atoms with E-state index < -0.39 is 5.56 Å². The zero-order valence-electron chi connectivity index (χ0n) is 13.3. The molecule has 0 saturated carbocycles. The molecule has 2 rings (SSSR count). The molecule has 0 aliphatic heterocycles. The molecule has 6 heteroatoms. The van der Waals surface area contributed by atoms with Gasteiger partial charge < -0.3 is 9.72 Å². The zero-order valence-corrected chi connectivity index (χ0v) is 14.1. The van der Waals surface area contributed by atoms with Gasteiger partial charge in [0.05, 0.1) is 12.3 Å². The molecule has 0 aliphatic carbocycles. The molecule has 0 bridgehead atoms. The lowest BCUT2D eigenvalue weighted by Crippen LogP contribution is -2.14. The minimum absolute atomic E-state index is 0.0341. The topological polar surface area (TPSA) is 78.8 Å². The zero-order chi connectivity index (χ0) is 16.7. The van der Waals surface area contributed by atoms with E-state index in [1.807, 2.05) is 36.6 Å². The summed E-state index contributed by atoms with van der Waals surface area (Å²) in [5, 5.41) is 9.75. The van der Waals surface area contributed by atoms with Crippen molar-refractivity contribution in [3.63, 3.8) is 0 Å². The smallest absolute Gasteiger partial charge is 0.270 e. The van der Waals surface area contributed by atoms with Crippen molar-refractivity contribution in [2.24, 2.45) is 0 Å². The van der Waals surface area contributed by atoms with Gasteiger partial charge in [-0.1, -0.05) is 43.3 Å². The highest BCUT2D eigenvalue weighted by Gasteiger charge is 2.13. The summed E-state index contributed by atoms with van der Waals surface area (Å²) in [4.78, 5) is 19.0. The van der Waals surface area contributed by atoms with Crippen LogP contribution in [0.2, 0.25) is 0 Å². The van der Waals surface area contributed by atoms with E-state index in [9.17, 15) is 10.1 Å². The third-order valence-corrected chi connectivity index (χ3v) is 3.89. The molecule has 0 amide bonds. The van der Waals surface area contributed by atoms with Gasteiger partial charge in [0.15, 0.2) is 5.16 Å². The predicted molar refractivity (Wildman–Crippen MR) is 91.4 cm³/mol. The van der Waals surface area contributed by atoms with Gasteiger partial charge in [0.2, 0.25) is 0 Å². The van der Waals surface area contributed by atoms with E-state index in [1.165, 1.54) is 11.8 Å². The number of thioether (sulfide) groups is 1. The standard InChI is InChI=1S/C17H19N3O2S/c1-3-4-8-22-11-12-6-5-7-13(9-12)15-14(10-18)16(21)20-17(19-15)23-2/h5-7,9H,3-4,8,11H2,1-2H3,(H,19,20,21). The number of nitriles is 1. The summed E-state index contributed by atoms with van der Waals surface area (Å²) < 4.78 is 5.62. The van der Waals surface area contributed by atoms with Crippen LogP contribution in [0.15, 0.2) is 34.2 Å². The maximum Gasteiger partial charge on any atom is 0.270 e. The van der Waals surface area contributed by atoms with Crippen LogP contribution in [0, 0.1) is 11.3 Å². The van der Waals surface area contributed by atoms with Crippen molar-refractivity contribution in [3.05, 3.63) is 45.7 Å². The van der Waals surface area contributed by atoms with E-state index >= 15 is 0 Å². The first-order chi connectivity index (χ1) is 11.2. The first kappa shape index (κ1) is 17.3. The first-order valence-electron chi connectivity index (χ1n) is 7.45. The summed E-state index contributed by atoms with van der Waals surface area (Å²) in [6, 6.07) is 9.56. The Morgan fingerprint density at radius 3 is 2.96 bits per heavy atom. The average Bonchev–Trinajstić information content (AvgIpc) is 2.58. The second-order valence-electron chi connectivity index (χ2n) is 5.02. The van der Waals surface area contributed by atoms with Crippen molar-refractivity contribution in [2.75, 3.05) is 12.9 Å². The van der Waals surface area contributed by atoms with Crippen LogP contribution in [-0.4, -0.2) is 22.8 Å². The predicted octanol–water partition coefficient (Wildman–Crippen LogP) is 3.35. The lowest BCUT2D eigenvalue weighted by Gasteiger charge is -2.08. The van der Waals surface area contributed by atoms with Gasteiger partial charge in [0, 0.05) is 12.2 Å². The molecule has 23 heavy (non-hydrogen) atoms. The van der Waals surface area contributed by atoms with Gasteiger partial charge in [0.1, 0.15) is 11.6 Å². The van der Waals surface area contributed by atoms with Crippen molar-refractivity contribution in [1.82, 2.24) is 9.97 Å². The summed E-state index contributed by atoms with van der Waals surface area (Å²) in [6.45, 7) is 3.35. The number of unbranched alkanes of at least 4 members (excludes halogenated alkanes) is 1. The van der Waals surface area contributed by atoms with Crippen molar-refractivity contribution in [2.45, 2.75) is 31.5 Å². The lowest BCUT2D eigenvalue weighted by atomic mass is 10.1. The molecule has 1 heterocycles. The molecule has 120 valence electrons. The van der Waals surface area contributed by atoms with Gasteiger partial charge in [-0.2, -0.15) is 5.26 Å². The first-order valence-corrected chi connectivity index (χ1v) is 8.67. The number of H-pyrrole nitrogens is 1. The second-order valence-corrected chi connectivity index (χ2v) is 5.81. The van der Waals surface area contributed by atoms with Crippen LogP contribution in [0.3, 0.4) is 0 Å². The van der Waals surface area contributed by atoms with Crippen LogP contribution in [0.5, 0.6) is 0 Å². The highest BCUT2D eigenvalue weighted by molar-refractivity contribution is 7.98. The Bertz CT molecular complexity index is 765. The van der Waals surface area contributed by atoms with Gasteiger partial charge >= 0.3 is 0 Å². The number of aromatic amines is 1. The molecule has 0 radical (unpaired) electrons. The van der Waals surface area contributed by atoms with E-state index in [0.717, 1.165) is 30.6 Å². The van der Waals surface area contributed by atoms with Crippen LogP contribution in [0.4, 0.5) is 0 Å². The fourth-order valence-electron chi connectivity index (χ4n) is 2.11. The fraction of sp³-hybridized carbons (Fsp3) is 0.353. The Balaban J connectivity index is 2.33. The molecule has 0 spiro atoms. The van der Waals surface area contributed by atoms with Crippen LogP contribution in [0.25, 0.3) is 11.3 Å². The quantitative estimate of drug-likeness (QED) is 0.479. The molecular weight excluding hydrogens is 310 g/mol. The van der Waals surface area contributed by atoms with Crippen molar-refractivity contribution < 1.29 is 4.74 Å². The molecule has 5 nitrogen and oxygen atoms in total. The Morgan fingerprint density at radius 1 is 1.43 bits per heavy atom. The van der Waals surface area contributed by atoms with Gasteiger partial charge in [-0.3, -0.25) is 4.79 Å². The summed E-state index contributed by atoms with van der Waals surface area (Å²) >= 11 is 1.33. The molecule has 0 unspecified atom stereocenters. The maximum absolute atomic E-state index is 12.0. The molecule has 0 saturated heterocycles. The van der Waals surface area contributed by atoms with Crippen molar-refractivity contribution in [1.29, 1.82) is 5.26 Å². The van der Waals surface area contributed by atoms with Crippen LogP contribution in [0.1, 0.15) is 30.9 Å². The van der Waals surface area contributed by atoms with E-state index in [0.29, 0.717) is 17.5 Å². The second kappa shape index (κ2) is 8.51. The molecule has 0 fully saturated rings. The third kappa shape index (κ3) is 4.44. The molecule has 1 aromatic carbocycles. The third-order valence-electron chi connectivity index (χ3n) is 3.31. The summed E-state index contributed by atoms with van der Waals surface area (Å²) in [7, 11) is 0. The Labute approximate surface area is 139 Å². The number of benzene rings is 1. The summed E-state index contributed by atoms with van der Waals surface area (Å²) in [5.41, 5.74) is 1.78. The molecule has 1 N–H and O–H groups in total. The van der Waals surface area contributed by atoms with Crippen LogP contribution >= 0.6 is 11.8 Å². The molecular formula is C17H19N3O2S. The highest BCUT2D eigenvalue weighted by Crippen LogP contribution is 2.22. The lowest BCUT2D eigenvalue weighted by molar-refractivity contribution is 0.118. The highest BCUT2D eigenvalue weighted by atomic mass is 32.2. The average molecular weight is 329 g/mol. The van der Waals surface area contributed by atoms with E-state index in [4.69, 9.17) is 4.74 Å². The molecule has 1 aromatic heterocycles. The summed E-state index contributed by atoms with van der Waals surface area (Å²) in [6.07, 6.45) is 3.96. The number of hydrogen-bond acceptors (Lipinski definition) is 5. The van der Waals surface area contributed by atoms with Crippen molar-refractivity contribution in [3.8, 4) is 17.3 Å². The van der Waals surface area contributed by atoms with E-state index in [1.54, 1.807) is 0 Å². The van der Waals surface area contributed by atoms with Gasteiger partial charge in [-0.15, -0.1) is 0 Å². The number of nitrogens with one attached hydrogen (secondary N) is 1. The number of nitrogens with zero attached hydrogens (tertiary/aromatic N) is 2. The number of rotatable bonds is 7. The van der Waals surface area contributed by atoms with Gasteiger partial charge in [0.25, 0.3) is 5.56 Å². The number of aromatic nitrogens is 2. The largest absolute Gasteiger partial charge is 0.377 e. The monoisotopic (exact) mass is 329 g/mol. The SMILES string of the molecule is CCCCOCc1cccc(-c2nc(SC)[nH]c(=O)c2C#N)c1. The fourth-order valence-corrected chi connectivity index (χ4v) is 2.48. The maximum atomic E-state index is 12.0. The van der Waals surface area contributed by atoms with E-state index in [2.05, 4.69) is 16.9 Å². The molecule has 0 atom stereocenters. The van der Waals surface area contributed by atoms with Crippen molar-refractivity contribution >= 4 is 11.8 Å². The minimum atomic E-state index is -0.411. The van der Waals surface area contributed by atoms with Gasteiger partial charge in [-0.05, 0) is 24.3 Å². The Morgan fingerprint density at radius 2 is 2.26 bits per heavy atom. The molecule has 0 aliphatic rings. The van der Waals surface area contributed by atoms with E-state index in [-0.39, 0.29) is 5.56 Å².